The number of nitrogens with zero attached hydrogens (tertiary/aromatic N) is 3. The van der Waals surface area contributed by atoms with Crippen molar-refractivity contribution in [2.45, 2.75) is 25.7 Å². The van der Waals surface area contributed by atoms with Crippen molar-refractivity contribution in [3.63, 3.8) is 0 Å². The number of nitrogens with one attached hydrogen (secondary N) is 2. The van der Waals surface area contributed by atoms with Crippen molar-refractivity contribution in [2.75, 3.05) is 47.8 Å². The smallest absolute Gasteiger partial charge is 0.301 e. The van der Waals surface area contributed by atoms with E-state index in [-0.39, 0.29) is 23.4 Å². The van der Waals surface area contributed by atoms with E-state index in [0.717, 1.165) is 0 Å². The molecule has 0 atom stereocenters. The van der Waals surface area contributed by atoms with Crippen LogP contribution in [0.1, 0.15) is 16.8 Å². The van der Waals surface area contributed by atoms with Gasteiger partial charge in [0.2, 0.25) is 5.88 Å². The van der Waals surface area contributed by atoms with Gasteiger partial charge in [-0.1, -0.05) is 5.16 Å². The van der Waals surface area contributed by atoms with Crippen LogP contribution in [-0.4, -0.2) is 57.4 Å². The van der Waals surface area contributed by atoms with Crippen LogP contribution >= 0.6 is 0 Å². The Morgan fingerprint density at radius 1 is 1.05 bits per heavy atom. The molecule has 2 aromatic heterocycles. The minimum absolute atomic E-state index is 0.0191. The Hall–Kier alpha value is -4.43. The molecule has 0 saturated carbocycles. The number of hydrogen-bond donors (Lipinski definition) is 2. The van der Waals surface area contributed by atoms with Gasteiger partial charge in [-0.15, -0.1) is 0 Å². The molecule has 40 heavy (non-hydrogen) atoms. The zero-order valence-corrected chi connectivity index (χ0v) is 22.8. The van der Waals surface area contributed by atoms with E-state index in [1.807, 2.05) is 4.90 Å². The van der Waals surface area contributed by atoms with Crippen molar-refractivity contribution in [3.05, 3.63) is 63.6 Å². The molecule has 1 saturated heterocycles. The molecule has 5 rings (SSSR count). The number of morpholine rings is 1. The zero-order valence-electron chi connectivity index (χ0n) is 22.0. The summed E-state index contributed by atoms with van der Waals surface area (Å²) in [6.45, 7) is 6.94. The molecule has 2 N–H and O–H groups in total. The third-order valence-electron chi connectivity index (χ3n) is 6.45. The highest BCUT2D eigenvalue weighted by Crippen LogP contribution is 2.28. The number of rotatable bonds is 8. The van der Waals surface area contributed by atoms with Crippen LogP contribution in [0.4, 0.5) is 17.6 Å². The number of sulfonamides is 1. The predicted octanol–water partition coefficient (Wildman–Crippen LogP) is 2.76. The number of amides is 1. The minimum Gasteiger partial charge on any atom is -0.483 e. The molecule has 0 aliphatic carbocycles. The van der Waals surface area contributed by atoms with Gasteiger partial charge in [0, 0.05) is 29.9 Å². The first-order valence-corrected chi connectivity index (χ1v) is 13.9. The average Bonchev–Trinajstić information content (AvgIpc) is 3.25. The number of anilines is 3. The fourth-order valence-electron chi connectivity index (χ4n) is 4.03. The average molecular weight is 570 g/mol. The third-order valence-corrected chi connectivity index (χ3v) is 7.80. The number of fused-ring (bicyclic) bond motifs is 1. The molecule has 1 amide bonds. The Bertz CT molecular complexity index is 1720. The highest BCUT2D eigenvalue weighted by molar-refractivity contribution is 7.92. The lowest BCUT2D eigenvalue weighted by Crippen LogP contribution is -2.37. The van der Waals surface area contributed by atoms with Gasteiger partial charge in [0.15, 0.2) is 12.2 Å². The second-order valence-corrected chi connectivity index (χ2v) is 10.8. The summed E-state index contributed by atoms with van der Waals surface area (Å²) in [4.78, 5) is 31.0. The molecule has 13 nitrogen and oxygen atoms in total. The summed E-state index contributed by atoms with van der Waals surface area (Å²) >= 11 is 0. The van der Waals surface area contributed by atoms with Crippen molar-refractivity contribution in [1.29, 1.82) is 0 Å². The normalized spacial score (nSPS) is 13.8. The molecule has 0 unspecified atom stereocenters. The van der Waals surface area contributed by atoms with Crippen molar-refractivity contribution < 1.29 is 31.6 Å². The molecule has 14 heteroatoms. The van der Waals surface area contributed by atoms with Crippen LogP contribution in [-0.2, 0) is 19.6 Å². The Labute approximate surface area is 229 Å². The van der Waals surface area contributed by atoms with Gasteiger partial charge in [-0.2, -0.15) is 4.98 Å². The van der Waals surface area contributed by atoms with Crippen LogP contribution in [0.2, 0.25) is 0 Å². The lowest BCUT2D eigenvalue weighted by molar-refractivity contribution is -0.118. The molecule has 0 spiro atoms. The largest absolute Gasteiger partial charge is 0.483 e. The number of hydrogen-bond acceptors (Lipinski definition) is 11. The minimum atomic E-state index is -3.92. The summed E-state index contributed by atoms with van der Waals surface area (Å²) in [5.41, 5.74) is 2.02. The quantitative estimate of drug-likeness (QED) is 0.320. The summed E-state index contributed by atoms with van der Waals surface area (Å²) in [7, 11) is -3.92. The third kappa shape index (κ3) is 5.62. The lowest BCUT2D eigenvalue weighted by Gasteiger charge is -2.26. The van der Waals surface area contributed by atoms with Crippen LogP contribution in [0.5, 0.6) is 5.75 Å². The Morgan fingerprint density at radius 2 is 1.77 bits per heavy atom. The van der Waals surface area contributed by atoms with Crippen molar-refractivity contribution in [3.8, 4) is 5.75 Å². The predicted molar refractivity (Wildman–Crippen MR) is 145 cm³/mol. The first-order chi connectivity index (χ1) is 19.1. The highest BCUT2D eigenvalue weighted by atomic mass is 32.2. The molecule has 2 aromatic carbocycles. The van der Waals surface area contributed by atoms with Gasteiger partial charge >= 0.3 is 6.01 Å². The van der Waals surface area contributed by atoms with E-state index in [9.17, 15) is 18.0 Å². The molecular formula is C26H27N5O8S. The summed E-state index contributed by atoms with van der Waals surface area (Å²) in [5, 5.41) is 6.71. The molecule has 210 valence electrons. The number of carbonyl (C=O) groups is 1. The Kier molecular flexibility index (Phi) is 7.45. The van der Waals surface area contributed by atoms with Gasteiger partial charge in [-0.3, -0.25) is 9.59 Å². The number of aromatic nitrogens is 2. The van der Waals surface area contributed by atoms with Gasteiger partial charge in [0.05, 0.1) is 29.2 Å². The van der Waals surface area contributed by atoms with Crippen molar-refractivity contribution in [1.82, 2.24) is 10.1 Å². The summed E-state index contributed by atoms with van der Waals surface area (Å²) in [6.07, 6.45) is 0. The summed E-state index contributed by atoms with van der Waals surface area (Å²) in [5.74, 6) is -0.0505. The molecule has 3 heterocycles. The maximum Gasteiger partial charge on any atom is 0.301 e. The van der Waals surface area contributed by atoms with Crippen LogP contribution in [0.3, 0.4) is 0 Å². The van der Waals surface area contributed by atoms with Crippen LogP contribution < -0.4 is 25.2 Å². The van der Waals surface area contributed by atoms with Gasteiger partial charge in [-0.25, -0.2) is 13.1 Å². The van der Waals surface area contributed by atoms with E-state index in [0.29, 0.717) is 65.5 Å². The lowest BCUT2D eigenvalue weighted by atomic mass is 10.1. The van der Waals surface area contributed by atoms with E-state index in [4.69, 9.17) is 18.4 Å². The molecule has 1 aliphatic rings. The standard InChI is InChI=1S/C26H27N5O8S/c1-15-17(3)29-39-25(15)30-40(34,35)19-6-4-18(5-7-19)27-22(32)14-37-21-9-8-20-23(16(21)2)38-26(28-24(20)33)31-10-12-36-13-11-31/h4-9,30H,10-14H2,1-3H3,(H,27,32). The molecule has 0 radical (unpaired) electrons. The number of carbonyl (C=O) groups excluding carboxylic acids is 1. The summed E-state index contributed by atoms with van der Waals surface area (Å²) < 4.78 is 49.7. The number of benzene rings is 2. The van der Waals surface area contributed by atoms with Crippen LogP contribution in [0.15, 0.2) is 55.0 Å². The molecule has 4 aromatic rings. The molecular weight excluding hydrogens is 542 g/mol. The van der Waals surface area contributed by atoms with Crippen LogP contribution in [0, 0.1) is 20.8 Å². The van der Waals surface area contributed by atoms with Gasteiger partial charge in [-0.05, 0) is 57.2 Å². The van der Waals surface area contributed by atoms with E-state index in [1.165, 1.54) is 24.3 Å². The fourth-order valence-corrected chi connectivity index (χ4v) is 5.08. The highest BCUT2D eigenvalue weighted by Gasteiger charge is 2.21. The van der Waals surface area contributed by atoms with E-state index in [1.54, 1.807) is 32.9 Å². The van der Waals surface area contributed by atoms with Gasteiger partial charge in [0.25, 0.3) is 21.5 Å². The first kappa shape index (κ1) is 27.1. The second kappa shape index (κ2) is 11.0. The van der Waals surface area contributed by atoms with E-state index in [2.05, 4.69) is 20.2 Å². The molecule has 1 aliphatic heterocycles. The van der Waals surface area contributed by atoms with E-state index < -0.39 is 21.5 Å². The van der Waals surface area contributed by atoms with Crippen molar-refractivity contribution in [2.24, 2.45) is 0 Å². The zero-order chi connectivity index (χ0) is 28.4. The number of ether oxygens (including phenoxy) is 2. The second-order valence-electron chi connectivity index (χ2n) is 9.16. The topological polar surface area (TPSA) is 166 Å². The summed E-state index contributed by atoms with van der Waals surface area (Å²) in [6, 6.07) is 8.97. The molecule has 1 fully saturated rings. The van der Waals surface area contributed by atoms with Gasteiger partial charge < -0.3 is 28.6 Å². The Balaban J connectivity index is 1.24. The number of aryl methyl sites for hydroxylation is 2. The first-order valence-electron chi connectivity index (χ1n) is 12.4. The maximum atomic E-state index is 12.7. The van der Waals surface area contributed by atoms with Crippen LogP contribution in [0.25, 0.3) is 11.0 Å². The maximum absolute atomic E-state index is 12.7. The molecule has 0 bridgehead atoms. The van der Waals surface area contributed by atoms with E-state index >= 15 is 0 Å². The fraction of sp³-hybridized carbons (Fsp3) is 0.308. The van der Waals surface area contributed by atoms with Gasteiger partial charge in [0.1, 0.15) is 5.75 Å². The SMILES string of the molecule is Cc1noc(NS(=O)(=O)c2ccc(NC(=O)COc3ccc4c(=O)nc(N5CCOCC5)oc4c3C)cc2)c1C. The monoisotopic (exact) mass is 569 g/mol. The Morgan fingerprint density at radius 3 is 2.45 bits per heavy atom. The van der Waals surface area contributed by atoms with Crippen molar-refractivity contribution >= 4 is 44.5 Å².